The van der Waals surface area contributed by atoms with Crippen LogP contribution in [0.2, 0.25) is 0 Å². The molecule has 0 aliphatic carbocycles. The molecule has 0 amide bonds. The molecule has 0 bridgehead atoms. The smallest absolute Gasteiger partial charge is 0.373 e. The summed E-state index contributed by atoms with van der Waals surface area (Å²) < 4.78 is 92.1. The van der Waals surface area contributed by atoms with Crippen LogP contribution in [0.3, 0.4) is 0 Å². The number of phosphoric acid groups is 3. The van der Waals surface area contributed by atoms with E-state index in [1.165, 1.54) is 6.92 Å². The molecule has 0 aromatic carbocycles. The first kappa shape index (κ1) is 36.3. The van der Waals surface area contributed by atoms with Crippen LogP contribution in [-0.4, -0.2) is 91.0 Å². The molecule has 2 aliphatic rings. The average Bonchev–Trinajstić information content (AvgIpc) is 3.40. The van der Waals surface area contributed by atoms with E-state index in [0.29, 0.717) is 13.0 Å². The minimum Gasteiger partial charge on any atom is -0.373 e. The number of phosphoric ester groups is 3. The number of alkyl halides is 1. The Morgan fingerprint density at radius 2 is 1.52 bits per heavy atom. The molecule has 0 aromatic heterocycles. The molecule has 2 heterocycles. The lowest BCUT2D eigenvalue weighted by Gasteiger charge is -2.24. The largest absolute Gasteiger partial charge is 0.472 e. The second-order valence-electron chi connectivity index (χ2n) is 9.96. The van der Waals surface area contributed by atoms with Crippen LogP contribution in [0.5, 0.6) is 0 Å². The summed E-state index contributed by atoms with van der Waals surface area (Å²) in [5, 5.41) is 0. The monoisotopic (exact) mass is 645 g/mol. The number of ether oxygens (including phenoxy) is 2. The fourth-order valence-corrected chi connectivity index (χ4v) is 6.70. The summed E-state index contributed by atoms with van der Waals surface area (Å²) in [7, 11) is -13.8. The molecule has 5 N–H and O–H groups in total. The van der Waals surface area contributed by atoms with E-state index < -0.39 is 73.4 Å². The van der Waals surface area contributed by atoms with Gasteiger partial charge in [-0.05, 0) is 32.2 Å². The zero-order valence-electron chi connectivity index (χ0n) is 22.9. The van der Waals surface area contributed by atoms with Crippen molar-refractivity contribution in [2.45, 2.75) is 89.6 Å². The summed E-state index contributed by atoms with van der Waals surface area (Å²) in [5.41, 5.74) is 5.42. The maximum atomic E-state index is 14.6. The van der Waals surface area contributed by atoms with E-state index in [1.807, 2.05) is 0 Å². The number of rotatable bonds is 20. The lowest BCUT2D eigenvalue weighted by Crippen LogP contribution is -2.34. The number of unbranched alkanes of at least 4 members (excludes halogenated alkanes) is 3. The van der Waals surface area contributed by atoms with E-state index in [2.05, 4.69) is 0 Å². The van der Waals surface area contributed by atoms with Crippen LogP contribution in [0.25, 0.3) is 0 Å². The van der Waals surface area contributed by atoms with Gasteiger partial charge in [0.25, 0.3) is 0 Å². The van der Waals surface area contributed by atoms with Gasteiger partial charge in [0, 0.05) is 13.0 Å². The van der Waals surface area contributed by atoms with Gasteiger partial charge in [0.1, 0.15) is 24.4 Å². The van der Waals surface area contributed by atoms with Crippen LogP contribution in [0.1, 0.15) is 52.9 Å². The Labute approximate surface area is 233 Å². The first-order chi connectivity index (χ1) is 18.6. The molecule has 0 radical (unpaired) electrons. The molecule has 9 atom stereocenters. The highest BCUT2D eigenvalue weighted by Crippen LogP contribution is 2.50. The van der Waals surface area contributed by atoms with Crippen molar-refractivity contribution in [1.29, 1.82) is 0 Å². The summed E-state index contributed by atoms with van der Waals surface area (Å²) in [6.07, 6.45) is -4.53. The van der Waals surface area contributed by atoms with Crippen molar-refractivity contribution in [3.63, 3.8) is 0 Å². The van der Waals surface area contributed by atoms with Gasteiger partial charge in [0.2, 0.25) is 0 Å². The zero-order valence-corrected chi connectivity index (χ0v) is 25.6. The molecular formula is C21H43FNO14P3. The molecule has 0 aromatic rings. The molecule has 0 saturated carbocycles. The molecule has 0 spiro atoms. The van der Waals surface area contributed by atoms with Gasteiger partial charge in [0.05, 0.1) is 32.5 Å². The fraction of sp³-hybridized carbons (Fsp3) is 1.00. The maximum absolute atomic E-state index is 14.6. The Balaban J connectivity index is 1.83. The SMILES string of the molecule is CC(C)COP(=O)(O)OC1[C@@H](COP(=O)(O)OC[C@H]2OCCC2OP(=O)(O)OCCCCCCN)O[C@@H](C)[C@H]1F. The van der Waals surface area contributed by atoms with Crippen molar-refractivity contribution in [2.24, 2.45) is 11.7 Å². The average molecular weight is 645 g/mol. The highest BCUT2D eigenvalue weighted by atomic mass is 31.2. The molecule has 5 unspecified atom stereocenters. The topological polar surface area (TPSA) is 212 Å². The van der Waals surface area contributed by atoms with E-state index in [-0.39, 0.29) is 32.2 Å². The van der Waals surface area contributed by atoms with Crippen LogP contribution in [0.15, 0.2) is 0 Å². The van der Waals surface area contributed by atoms with Gasteiger partial charge in [0.15, 0.2) is 6.17 Å². The van der Waals surface area contributed by atoms with E-state index in [4.69, 9.17) is 42.3 Å². The fourth-order valence-electron chi connectivity index (χ4n) is 3.85. The summed E-state index contributed by atoms with van der Waals surface area (Å²) >= 11 is 0. The molecule has 40 heavy (non-hydrogen) atoms. The van der Waals surface area contributed by atoms with Gasteiger partial charge in [-0.25, -0.2) is 18.1 Å². The van der Waals surface area contributed by atoms with Crippen molar-refractivity contribution in [3.05, 3.63) is 0 Å². The van der Waals surface area contributed by atoms with Crippen LogP contribution in [-0.2, 0) is 50.3 Å². The molecule has 2 saturated heterocycles. The number of nitrogens with two attached hydrogens (primary N) is 1. The van der Waals surface area contributed by atoms with Gasteiger partial charge in [-0.3, -0.25) is 27.1 Å². The van der Waals surface area contributed by atoms with Crippen molar-refractivity contribution in [1.82, 2.24) is 0 Å². The lowest BCUT2D eigenvalue weighted by atomic mass is 10.1. The van der Waals surface area contributed by atoms with Crippen LogP contribution < -0.4 is 5.73 Å². The van der Waals surface area contributed by atoms with Crippen LogP contribution in [0, 0.1) is 5.92 Å². The first-order valence-electron chi connectivity index (χ1n) is 13.2. The number of hydrogen-bond donors (Lipinski definition) is 4. The molecule has 238 valence electrons. The maximum Gasteiger partial charge on any atom is 0.472 e. The normalized spacial score (nSPS) is 31.7. The second-order valence-corrected chi connectivity index (χ2v) is 14.2. The highest BCUT2D eigenvalue weighted by Gasteiger charge is 2.48. The summed E-state index contributed by atoms with van der Waals surface area (Å²) in [6, 6.07) is 0. The third-order valence-electron chi connectivity index (χ3n) is 5.92. The van der Waals surface area contributed by atoms with Crippen molar-refractivity contribution >= 4 is 23.5 Å². The highest BCUT2D eigenvalue weighted by molar-refractivity contribution is 7.48. The third kappa shape index (κ3) is 13.2. The Bertz CT molecular complexity index is 901. The number of halogens is 1. The van der Waals surface area contributed by atoms with Crippen molar-refractivity contribution in [3.8, 4) is 0 Å². The predicted molar refractivity (Wildman–Crippen MR) is 139 cm³/mol. The number of hydrogen-bond acceptors (Lipinski definition) is 12. The Kier molecular flexibility index (Phi) is 15.3. The molecule has 2 fully saturated rings. The van der Waals surface area contributed by atoms with Gasteiger partial charge in [-0.15, -0.1) is 0 Å². The summed E-state index contributed by atoms with van der Waals surface area (Å²) in [4.78, 5) is 30.0. The predicted octanol–water partition coefficient (Wildman–Crippen LogP) is 3.21. The molecule has 2 aliphatic heterocycles. The standard InChI is InChI=1S/C21H43FNO14P3/c1-15(2)12-32-40(28,29)37-21-19(35-16(3)20(21)22)14-34-38(24,25)33-13-18-17(8-11-30-18)36-39(26,27)31-10-7-5-4-6-9-23/h15-21H,4-14,23H2,1-3H3,(H,24,25)(H,26,27)(H,28,29)/t16-,17?,18+,19+,20+,21?/m0/s1. The molecule has 19 heteroatoms. The Morgan fingerprint density at radius 1 is 0.900 bits per heavy atom. The van der Waals surface area contributed by atoms with E-state index in [1.54, 1.807) is 13.8 Å². The first-order valence-corrected chi connectivity index (χ1v) is 17.7. The Morgan fingerprint density at radius 3 is 2.17 bits per heavy atom. The van der Waals surface area contributed by atoms with E-state index in [0.717, 1.165) is 19.3 Å². The van der Waals surface area contributed by atoms with Crippen LogP contribution >= 0.6 is 23.5 Å². The van der Waals surface area contributed by atoms with Gasteiger partial charge < -0.3 is 29.9 Å². The van der Waals surface area contributed by atoms with E-state index >= 15 is 0 Å². The third-order valence-corrected chi connectivity index (χ3v) is 8.90. The van der Waals surface area contributed by atoms with E-state index in [9.17, 15) is 32.8 Å². The minimum absolute atomic E-state index is 0.00859. The summed E-state index contributed by atoms with van der Waals surface area (Å²) in [5.74, 6) is -0.0946. The van der Waals surface area contributed by atoms with Crippen molar-refractivity contribution < 1.29 is 69.4 Å². The van der Waals surface area contributed by atoms with Crippen LogP contribution in [0.4, 0.5) is 4.39 Å². The summed E-state index contributed by atoms with van der Waals surface area (Å²) in [6.45, 7) is 4.18. The zero-order chi connectivity index (χ0) is 30.0. The Hall–Kier alpha value is 0.140. The van der Waals surface area contributed by atoms with Gasteiger partial charge in [-0.1, -0.05) is 26.7 Å². The second kappa shape index (κ2) is 16.8. The quantitative estimate of drug-likeness (QED) is 0.111. The van der Waals surface area contributed by atoms with Gasteiger partial charge >= 0.3 is 23.5 Å². The molecular weight excluding hydrogens is 602 g/mol. The molecule has 2 rings (SSSR count). The minimum atomic E-state index is -4.78. The van der Waals surface area contributed by atoms with Gasteiger partial charge in [-0.2, -0.15) is 0 Å². The lowest BCUT2D eigenvalue weighted by molar-refractivity contribution is -0.0291. The van der Waals surface area contributed by atoms with Crippen molar-refractivity contribution in [2.75, 3.05) is 39.6 Å². The molecule has 15 nitrogen and oxygen atoms in total.